The second-order valence-corrected chi connectivity index (χ2v) is 4.36. The molecule has 1 aromatic heterocycles. The molecule has 1 heterocycles. The number of ether oxygens (including phenoxy) is 1. The number of thiazole rings is 1. The highest BCUT2D eigenvalue weighted by Crippen LogP contribution is 2.24. The normalized spacial score (nSPS) is 10.4. The number of benzene rings is 1. The first kappa shape index (κ1) is 11.1. The van der Waals surface area contributed by atoms with Crippen LogP contribution in [0.1, 0.15) is 11.3 Å². The molecule has 0 aliphatic rings. The molecule has 16 heavy (non-hydrogen) atoms. The largest absolute Gasteiger partial charge is 0.431 e. The van der Waals surface area contributed by atoms with E-state index in [1.54, 1.807) is 0 Å². The van der Waals surface area contributed by atoms with Crippen molar-refractivity contribution in [3.8, 4) is 10.9 Å². The maximum Gasteiger partial charge on any atom is 0.278 e. The molecule has 0 spiro atoms. The highest BCUT2D eigenvalue weighted by molar-refractivity contribution is 7.11. The number of hydrogen-bond donors (Lipinski definition) is 1. The molecule has 0 atom stereocenters. The maximum absolute atomic E-state index is 5.61. The number of hydrogen-bond acceptors (Lipinski definition) is 4. The SMILES string of the molecule is Cc1csc(Oc2ccc(CCN)cc2)n1. The Morgan fingerprint density at radius 2 is 2.06 bits per heavy atom. The molecule has 2 rings (SSSR count). The zero-order chi connectivity index (χ0) is 11.4. The van der Waals surface area contributed by atoms with Gasteiger partial charge in [-0.15, -0.1) is 0 Å². The molecule has 2 N–H and O–H groups in total. The molecule has 84 valence electrons. The molecule has 3 nitrogen and oxygen atoms in total. The van der Waals surface area contributed by atoms with Crippen LogP contribution in [0.3, 0.4) is 0 Å². The third-order valence-electron chi connectivity index (χ3n) is 2.16. The lowest BCUT2D eigenvalue weighted by Crippen LogP contribution is -2.02. The van der Waals surface area contributed by atoms with E-state index >= 15 is 0 Å². The molecular formula is C12H14N2OS. The lowest BCUT2D eigenvalue weighted by Gasteiger charge is -2.03. The molecule has 0 unspecified atom stereocenters. The van der Waals surface area contributed by atoms with E-state index in [9.17, 15) is 0 Å². The van der Waals surface area contributed by atoms with Crippen LogP contribution < -0.4 is 10.5 Å². The monoisotopic (exact) mass is 234 g/mol. The van der Waals surface area contributed by atoms with Gasteiger partial charge in [-0.25, -0.2) is 4.98 Å². The Kier molecular flexibility index (Phi) is 3.54. The molecule has 1 aromatic carbocycles. The first-order valence-corrected chi connectivity index (χ1v) is 6.05. The molecule has 0 radical (unpaired) electrons. The number of aromatic nitrogens is 1. The zero-order valence-electron chi connectivity index (χ0n) is 9.14. The summed E-state index contributed by atoms with van der Waals surface area (Å²) in [6.07, 6.45) is 0.899. The van der Waals surface area contributed by atoms with E-state index in [1.807, 2.05) is 36.6 Å². The fraction of sp³-hybridized carbons (Fsp3) is 0.250. The second-order valence-electron chi connectivity index (χ2n) is 3.54. The summed E-state index contributed by atoms with van der Waals surface area (Å²) < 4.78 is 5.61. The molecular weight excluding hydrogens is 220 g/mol. The van der Waals surface area contributed by atoms with E-state index in [0.717, 1.165) is 17.9 Å². The minimum atomic E-state index is 0.672. The van der Waals surface area contributed by atoms with Crippen molar-refractivity contribution in [2.45, 2.75) is 13.3 Å². The minimum Gasteiger partial charge on any atom is -0.431 e. The lowest BCUT2D eigenvalue weighted by molar-refractivity contribution is 0.477. The van der Waals surface area contributed by atoms with Crippen LogP contribution in [0.25, 0.3) is 0 Å². The van der Waals surface area contributed by atoms with Gasteiger partial charge in [0.05, 0.1) is 5.69 Å². The van der Waals surface area contributed by atoms with E-state index in [-0.39, 0.29) is 0 Å². The summed E-state index contributed by atoms with van der Waals surface area (Å²) >= 11 is 1.51. The van der Waals surface area contributed by atoms with Crippen molar-refractivity contribution in [2.75, 3.05) is 6.54 Å². The first-order valence-electron chi connectivity index (χ1n) is 5.17. The summed E-state index contributed by atoms with van der Waals surface area (Å²) in [7, 11) is 0. The van der Waals surface area contributed by atoms with Crippen LogP contribution >= 0.6 is 11.3 Å². The predicted octanol–water partition coefficient (Wildman–Crippen LogP) is 2.75. The summed E-state index contributed by atoms with van der Waals surface area (Å²) in [5.41, 5.74) is 7.70. The van der Waals surface area contributed by atoms with Crippen LogP contribution in [0.4, 0.5) is 0 Å². The Hall–Kier alpha value is -1.39. The minimum absolute atomic E-state index is 0.672. The molecule has 0 bridgehead atoms. The predicted molar refractivity (Wildman–Crippen MR) is 66.1 cm³/mol. The summed E-state index contributed by atoms with van der Waals surface area (Å²) in [5, 5.41) is 2.65. The van der Waals surface area contributed by atoms with Crippen molar-refractivity contribution in [3.05, 3.63) is 40.9 Å². The molecule has 0 saturated carbocycles. The van der Waals surface area contributed by atoms with Crippen molar-refractivity contribution in [2.24, 2.45) is 5.73 Å². The number of rotatable bonds is 4. The Labute approximate surface area is 98.9 Å². The average Bonchev–Trinajstić information content (AvgIpc) is 2.67. The van der Waals surface area contributed by atoms with Crippen molar-refractivity contribution in [1.29, 1.82) is 0 Å². The van der Waals surface area contributed by atoms with Crippen LogP contribution in [0, 0.1) is 6.92 Å². The Morgan fingerprint density at radius 3 is 2.62 bits per heavy atom. The van der Waals surface area contributed by atoms with Gasteiger partial charge in [-0.1, -0.05) is 23.5 Å². The van der Waals surface area contributed by atoms with Crippen LogP contribution in [0.5, 0.6) is 10.9 Å². The first-order chi connectivity index (χ1) is 7.78. The fourth-order valence-electron chi connectivity index (χ4n) is 1.37. The van der Waals surface area contributed by atoms with Gasteiger partial charge >= 0.3 is 0 Å². The number of aryl methyl sites for hydroxylation is 1. The number of nitrogens with zero attached hydrogens (tertiary/aromatic N) is 1. The zero-order valence-corrected chi connectivity index (χ0v) is 9.96. The van der Waals surface area contributed by atoms with Gasteiger partial charge in [-0.3, -0.25) is 0 Å². The second kappa shape index (κ2) is 5.09. The Morgan fingerprint density at radius 1 is 1.31 bits per heavy atom. The van der Waals surface area contributed by atoms with Crippen LogP contribution in [-0.4, -0.2) is 11.5 Å². The fourth-order valence-corrected chi connectivity index (χ4v) is 2.04. The van der Waals surface area contributed by atoms with Gasteiger partial charge in [0.15, 0.2) is 0 Å². The van der Waals surface area contributed by atoms with Crippen molar-refractivity contribution in [1.82, 2.24) is 4.98 Å². The van der Waals surface area contributed by atoms with Crippen molar-refractivity contribution < 1.29 is 4.74 Å². The van der Waals surface area contributed by atoms with E-state index in [0.29, 0.717) is 11.7 Å². The molecule has 0 fully saturated rings. The Bertz CT molecular complexity index is 450. The van der Waals surface area contributed by atoms with E-state index < -0.39 is 0 Å². The van der Waals surface area contributed by atoms with E-state index in [2.05, 4.69) is 4.98 Å². The summed E-state index contributed by atoms with van der Waals surface area (Å²) in [6.45, 7) is 2.62. The van der Waals surface area contributed by atoms with Gasteiger partial charge < -0.3 is 10.5 Å². The quantitative estimate of drug-likeness (QED) is 0.884. The summed E-state index contributed by atoms with van der Waals surface area (Å²) in [4.78, 5) is 4.24. The smallest absolute Gasteiger partial charge is 0.278 e. The van der Waals surface area contributed by atoms with Gasteiger partial charge in [-0.05, 0) is 37.6 Å². The molecule has 2 aromatic rings. The van der Waals surface area contributed by atoms with E-state index in [4.69, 9.17) is 10.5 Å². The summed E-state index contributed by atoms with van der Waals surface area (Å²) in [6, 6.07) is 7.95. The molecule has 0 aliphatic heterocycles. The van der Waals surface area contributed by atoms with Crippen LogP contribution in [0.2, 0.25) is 0 Å². The van der Waals surface area contributed by atoms with Gasteiger partial charge in [0.1, 0.15) is 5.75 Å². The van der Waals surface area contributed by atoms with Crippen molar-refractivity contribution in [3.63, 3.8) is 0 Å². The van der Waals surface area contributed by atoms with E-state index in [1.165, 1.54) is 16.9 Å². The third-order valence-corrected chi connectivity index (χ3v) is 2.99. The van der Waals surface area contributed by atoms with Gasteiger partial charge in [0.25, 0.3) is 5.19 Å². The highest BCUT2D eigenvalue weighted by atomic mass is 32.1. The van der Waals surface area contributed by atoms with Gasteiger partial charge in [0, 0.05) is 5.38 Å². The Balaban J connectivity index is 2.05. The molecule has 4 heteroatoms. The average molecular weight is 234 g/mol. The summed E-state index contributed by atoms with van der Waals surface area (Å²) in [5.74, 6) is 0.815. The maximum atomic E-state index is 5.61. The standard InChI is InChI=1S/C12H14N2OS/c1-9-8-16-12(14-9)15-11-4-2-10(3-5-11)6-7-13/h2-5,8H,6-7,13H2,1H3. The third kappa shape index (κ3) is 2.81. The van der Waals surface area contributed by atoms with Crippen molar-refractivity contribution >= 4 is 11.3 Å². The molecule has 0 aliphatic carbocycles. The topological polar surface area (TPSA) is 48.1 Å². The molecule has 0 amide bonds. The van der Waals surface area contributed by atoms with Crippen LogP contribution in [-0.2, 0) is 6.42 Å². The highest BCUT2D eigenvalue weighted by Gasteiger charge is 2.01. The number of nitrogens with two attached hydrogens (primary N) is 1. The van der Waals surface area contributed by atoms with Gasteiger partial charge in [0.2, 0.25) is 0 Å². The van der Waals surface area contributed by atoms with Gasteiger partial charge in [-0.2, -0.15) is 0 Å². The van der Waals surface area contributed by atoms with Crippen LogP contribution in [0.15, 0.2) is 29.6 Å². The lowest BCUT2D eigenvalue weighted by atomic mass is 10.1. The molecule has 0 saturated heterocycles.